The summed E-state index contributed by atoms with van der Waals surface area (Å²) in [6.45, 7) is 2.12. The molecule has 0 aliphatic carbocycles. The predicted octanol–water partition coefficient (Wildman–Crippen LogP) is 0.0787. The molecule has 1 aliphatic heterocycles. The molecular weight excluding hydrogens is 88.1 g/mol. The van der Waals surface area contributed by atoms with E-state index in [2.05, 4.69) is 17.3 Å². The minimum absolute atomic E-state index is 1.01. The number of hydrogen-bond donors (Lipinski definition) is 2. The van der Waals surface area contributed by atoms with Crippen LogP contribution in [0.2, 0.25) is 0 Å². The Balaban J connectivity index is 2.04. The van der Waals surface area contributed by atoms with Gasteiger partial charge in [-0.2, -0.15) is 0 Å². The summed E-state index contributed by atoms with van der Waals surface area (Å²) in [6, 6.07) is 0. The number of hydrogen-bond acceptors (Lipinski definition) is 2. The summed E-state index contributed by atoms with van der Waals surface area (Å²) >= 11 is 0. The van der Waals surface area contributed by atoms with Gasteiger partial charge >= 0.3 is 0 Å². The van der Waals surface area contributed by atoms with Crippen LogP contribution in [0.25, 0.3) is 0 Å². The van der Waals surface area contributed by atoms with Crippen molar-refractivity contribution in [1.29, 1.82) is 0 Å². The molecule has 7 heavy (non-hydrogen) atoms. The lowest BCUT2D eigenvalue weighted by Crippen LogP contribution is -2.30. The van der Waals surface area contributed by atoms with E-state index in [1.54, 1.807) is 0 Å². The van der Waals surface area contributed by atoms with Crippen LogP contribution < -0.4 is 10.9 Å². The lowest BCUT2D eigenvalue weighted by atomic mass is 10.2. The van der Waals surface area contributed by atoms with Crippen molar-refractivity contribution in [2.45, 2.75) is 12.8 Å². The van der Waals surface area contributed by atoms with Crippen LogP contribution >= 0.6 is 0 Å². The van der Waals surface area contributed by atoms with Crippen molar-refractivity contribution in [2.24, 2.45) is 0 Å². The molecule has 0 saturated carbocycles. The number of rotatable bonds is 0. The zero-order valence-electron chi connectivity index (χ0n) is 4.41. The maximum Gasteiger partial charge on any atom is 0.0131 e. The Bertz CT molecular complexity index is 25.7. The number of nitrogens with one attached hydrogen (secondary N) is 2. The van der Waals surface area contributed by atoms with Crippen molar-refractivity contribution >= 4 is 0 Å². The second-order valence-corrected chi connectivity index (χ2v) is 1.74. The molecule has 1 fully saturated rings. The monoisotopic (exact) mass is 99.1 g/mol. The molecule has 1 heterocycles. The van der Waals surface area contributed by atoms with Crippen molar-refractivity contribution in [1.82, 2.24) is 10.9 Å². The van der Waals surface area contributed by atoms with Gasteiger partial charge in [0.2, 0.25) is 0 Å². The van der Waals surface area contributed by atoms with Crippen LogP contribution in [0.3, 0.4) is 0 Å². The molecule has 41 valence electrons. The first-order chi connectivity index (χ1) is 3.50. The van der Waals surface area contributed by atoms with Gasteiger partial charge in [-0.15, -0.1) is 0 Å². The molecule has 2 nitrogen and oxygen atoms in total. The van der Waals surface area contributed by atoms with E-state index in [0.29, 0.717) is 0 Å². The summed E-state index contributed by atoms with van der Waals surface area (Å²) in [5, 5.41) is 0. The van der Waals surface area contributed by atoms with Crippen molar-refractivity contribution in [3.8, 4) is 0 Å². The van der Waals surface area contributed by atoms with Crippen LogP contribution in [0.15, 0.2) is 0 Å². The molecule has 0 aromatic carbocycles. The van der Waals surface area contributed by atoms with Crippen LogP contribution in [0.1, 0.15) is 12.8 Å². The fourth-order valence-corrected chi connectivity index (χ4v) is 0.670. The van der Waals surface area contributed by atoms with E-state index in [9.17, 15) is 0 Å². The molecule has 0 spiro atoms. The Morgan fingerprint density at radius 2 is 2.29 bits per heavy atom. The first kappa shape index (κ1) is 5.06. The molecule has 0 aromatic heterocycles. The molecule has 1 saturated heterocycles. The van der Waals surface area contributed by atoms with Gasteiger partial charge in [-0.1, -0.05) is 0 Å². The molecular formula is C5H11N2. The van der Waals surface area contributed by atoms with Gasteiger partial charge in [0, 0.05) is 13.1 Å². The van der Waals surface area contributed by atoms with E-state index in [4.69, 9.17) is 0 Å². The van der Waals surface area contributed by atoms with Crippen molar-refractivity contribution in [2.75, 3.05) is 13.1 Å². The van der Waals surface area contributed by atoms with E-state index in [1.165, 1.54) is 12.8 Å². The third-order valence-electron chi connectivity index (χ3n) is 1.08. The minimum Gasteiger partial charge on any atom is -0.258 e. The zero-order valence-corrected chi connectivity index (χ0v) is 4.41. The summed E-state index contributed by atoms with van der Waals surface area (Å²) in [5.74, 6) is 0. The third-order valence-corrected chi connectivity index (χ3v) is 1.08. The predicted molar refractivity (Wildman–Crippen MR) is 29.5 cm³/mol. The highest BCUT2D eigenvalue weighted by atomic mass is 15.3. The highest BCUT2D eigenvalue weighted by molar-refractivity contribution is 4.69. The zero-order chi connectivity index (χ0) is 4.95. The van der Waals surface area contributed by atoms with Crippen molar-refractivity contribution in [3.05, 3.63) is 6.42 Å². The minimum atomic E-state index is 1.01. The smallest absolute Gasteiger partial charge is 0.0131 e. The Kier molecular flexibility index (Phi) is 2.17. The molecule has 2 heteroatoms. The van der Waals surface area contributed by atoms with Gasteiger partial charge in [-0.3, -0.25) is 10.9 Å². The van der Waals surface area contributed by atoms with E-state index >= 15 is 0 Å². The maximum atomic E-state index is 3.07. The van der Waals surface area contributed by atoms with E-state index < -0.39 is 0 Å². The summed E-state index contributed by atoms with van der Waals surface area (Å²) in [7, 11) is 0. The van der Waals surface area contributed by atoms with E-state index in [1.807, 2.05) is 0 Å². The van der Waals surface area contributed by atoms with Crippen LogP contribution in [0.4, 0.5) is 0 Å². The molecule has 0 atom stereocenters. The highest BCUT2D eigenvalue weighted by Crippen LogP contribution is 1.92. The van der Waals surface area contributed by atoms with Gasteiger partial charge in [-0.25, -0.2) is 0 Å². The standard InChI is InChI=1S/C5H11N2/c1-2-4-6-7-5-3-1/h2,6-7H,1,3-5H2. The van der Waals surface area contributed by atoms with Gasteiger partial charge in [-0.05, 0) is 19.3 Å². The van der Waals surface area contributed by atoms with Crippen LogP contribution in [-0.4, -0.2) is 13.1 Å². The molecule has 0 amide bonds. The van der Waals surface area contributed by atoms with Gasteiger partial charge in [0.25, 0.3) is 0 Å². The molecule has 2 N–H and O–H groups in total. The first-order valence-corrected chi connectivity index (χ1v) is 2.77. The Labute approximate surface area is 44.3 Å². The molecule has 0 bridgehead atoms. The molecule has 0 unspecified atom stereocenters. The van der Waals surface area contributed by atoms with E-state index in [0.717, 1.165) is 13.1 Å². The van der Waals surface area contributed by atoms with Crippen LogP contribution in [0.5, 0.6) is 0 Å². The topological polar surface area (TPSA) is 24.1 Å². The van der Waals surface area contributed by atoms with Gasteiger partial charge in [0.15, 0.2) is 0 Å². The first-order valence-electron chi connectivity index (χ1n) is 2.77. The normalized spacial score (nSPS) is 24.0. The third kappa shape index (κ3) is 1.90. The highest BCUT2D eigenvalue weighted by Gasteiger charge is 1.93. The second kappa shape index (κ2) is 2.99. The maximum absolute atomic E-state index is 3.07. The lowest BCUT2D eigenvalue weighted by molar-refractivity contribution is 0.583. The van der Waals surface area contributed by atoms with E-state index in [-0.39, 0.29) is 0 Å². The van der Waals surface area contributed by atoms with Gasteiger partial charge in [0.1, 0.15) is 0 Å². The van der Waals surface area contributed by atoms with Crippen molar-refractivity contribution in [3.63, 3.8) is 0 Å². The molecule has 1 rings (SSSR count). The number of hydrazine groups is 1. The van der Waals surface area contributed by atoms with Crippen LogP contribution in [-0.2, 0) is 0 Å². The average molecular weight is 99.2 g/mol. The Hall–Kier alpha value is -0.0800. The van der Waals surface area contributed by atoms with Crippen molar-refractivity contribution < 1.29 is 0 Å². The quantitative estimate of drug-likeness (QED) is 0.449. The molecule has 0 aromatic rings. The lowest BCUT2D eigenvalue weighted by Gasteiger charge is -1.95. The SMILES string of the molecule is [CH]1CCCNNC1. The Morgan fingerprint density at radius 3 is 3.29 bits per heavy atom. The van der Waals surface area contributed by atoms with Crippen LogP contribution in [0, 0.1) is 6.42 Å². The fourth-order valence-electron chi connectivity index (χ4n) is 0.670. The molecule has 1 aliphatic rings. The van der Waals surface area contributed by atoms with Gasteiger partial charge in [0.05, 0.1) is 0 Å². The second-order valence-electron chi connectivity index (χ2n) is 1.74. The Morgan fingerprint density at radius 1 is 1.29 bits per heavy atom. The summed E-state index contributed by atoms with van der Waals surface area (Å²) in [5.41, 5.74) is 6.11. The average Bonchev–Trinajstić information content (AvgIpc) is 1.90. The summed E-state index contributed by atoms with van der Waals surface area (Å²) in [4.78, 5) is 0. The largest absolute Gasteiger partial charge is 0.258 e. The summed E-state index contributed by atoms with van der Waals surface area (Å²) in [6.07, 6.45) is 4.77. The molecule has 1 radical (unpaired) electrons. The van der Waals surface area contributed by atoms with Gasteiger partial charge < -0.3 is 0 Å². The summed E-state index contributed by atoms with van der Waals surface area (Å²) < 4.78 is 0. The fraction of sp³-hybridized carbons (Fsp3) is 0.800.